The summed E-state index contributed by atoms with van der Waals surface area (Å²) in [6.45, 7) is 3.53. The average molecular weight is 541 g/mol. The maximum atomic E-state index is 13.7. The van der Waals surface area contributed by atoms with Gasteiger partial charge in [-0.05, 0) is 60.5 Å². The molecule has 178 valence electrons. The minimum absolute atomic E-state index is 0.0503. The van der Waals surface area contributed by atoms with Gasteiger partial charge in [0.25, 0.3) is 0 Å². The molecule has 0 bridgehead atoms. The van der Waals surface area contributed by atoms with Crippen LogP contribution in [-0.2, 0) is 10.0 Å². The second-order valence-electron chi connectivity index (χ2n) is 8.05. The summed E-state index contributed by atoms with van der Waals surface area (Å²) in [6, 6.07) is 15.9. The Kier molecular flexibility index (Phi) is 7.22. The number of halogens is 4. The fraction of sp³-hybridized carbons (Fsp3) is 0.208. The molecule has 3 aromatic carbocycles. The van der Waals surface area contributed by atoms with Crippen LogP contribution >= 0.6 is 34.8 Å². The van der Waals surface area contributed by atoms with Crippen molar-refractivity contribution in [1.29, 1.82) is 0 Å². The van der Waals surface area contributed by atoms with Crippen LogP contribution in [0.4, 0.5) is 10.1 Å². The van der Waals surface area contributed by atoms with Crippen molar-refractivity contribution in [2.45, 2.75) is 24.8 Å². The SMILES string of the molecule is Cc1ccc(F)cc1S(=O)(=O)NCC1=NN(c2ccc(Cl)cc2Cl)C(c2ccc(Cl)cc2)C1C. The smallest absolute Gasteiger partial charge is 0.241 e. The van der Waals surface area contributed by atoms with Crippen molar-refractivity contribution >= 4 is 56.2 Å². The highest BCUT2D eigenvalue weighted by atomic mass is 35.5. The molecule has 0 spiro atoms. The van der Waals surface area contributed by atoms with Gasteiger partial charge in [0, 0.05) is 16.0 Å². The van der Waals surface area contributed by atoms with Gasteiger partial charge in [-0.2, -0.15) is 5.10 Å². The average Bonchev–Trinajstić information content (AvgIpc) is 3.10. The number of nitrogens with zero attached hydrogens (tertiary/aromatic N) is 2. The zero-order valence-electron chi connectivity index (χ0n) is 18.3. The molecule has 0 aliphatic carbocycles. The highest BCUT2D eigenvalue weighted by molar-refractivity contribution is 7.89. The molecule has 10 heteroatoms. The van der Waals surface area contributed by atoms with Crippen LogP contribution in [0.5, 0.6) is 0 Å². The summed E-state index contributed by atoms with van der Waals surface area (Å²) in [5.41, 5.74) is 2.62. The van der Waals surface area contributed by atoms with Crippen LogP contribution in [0.3, 0.4) is 0 Å². The Morgan fingerprint density at radius 2 is 1.68 bits per heavy atom. The first-order chi connectivity index (χ1) is 16.1. The minimum Gasteiger partial charge on any atom is -0.256 e. The lowest BCUT2D eigenvalue weighted by atomic mass is 9.91. The summed E-state index contributed by atoms with van der Waals surface area (Å²) >= 11 is 18.6. The Balaban J connectivity index is 1.68. The van der Waals surface area contributed by atoms with Gasteiger partial charge in [-0.25, -0.2) is 17.5 Å². The van der Waals surface area contributed by atoms with E-state index in [0.29, 0.717) is 32.0 Å². The third-order valence-electron chi connectivity index (χ3n) is 5.75. The van der Waals surface area contributed by atoms with Gasteiger partial charge in [0.2, 0.25) is 10.0 Å². The zero-order valence-corrected chi connectivity index (χ0v) is 21.4. The summed E-state index contributed by atoms with van der Waals surface area (Å²) in [4.78, 5) is -0.106. The van der Waals surface area contributed by atoms with Crippen molar-refractivity contribution in [3.63, 3.8) is 0 Å². The van der Waals surface area contributed by atoms with Gasteiger partial charge in [0.15, 0.2) is 0 Å². The van der Waals surface area contributed by atoms with Crippen LogP contribution < -0.4 is 9.73 Å². The van der Waals surface area contributed by atoms with Gasteiger partial charge in [0.1, 0.15) is 5.82 Å². The lowest BCUT2D eigenvalue weighted by Gasteiger charge is -2.28. The summed E-state index contributed by atoms with van der Waals surface area (Å²) < 4.78 is 42.1. The molecule has 1 aliphatic heterocycles. The second-order valence-corrected chi connectivity index (χ2v) is 11.1. The lowest BCUT2D eigenvalue weighted by molar-refractivity contribution is 0.576. The van der Waals surface area contributed by atoms with Crippen molar-refractivity contribution in [1.82, 2.24) is 4.72 Å². The molecular formula is C24H21Cl3FN3O2S. The Hall–Kier alpha value is -2.16. The van der Waals surface area contributed by atoms with Gasteiger partial charge in [0.05, 0.1) is 33.9 Å². The Morgan fingerprint density at radius 1 is 1.00 bits per heavy atom. The first-order valence-electron chi connectivity index (χ1n) is 10.4. The summed E-state index contributed by atoms with van der Waals surface area (Å²) in [5.74, 6) is -0.798. The molecule has 1 N–H and O–H groups in total. The maximum absolute atomic E-state index is 13.7. The number of anilines is 1. The van der Waals surface area contributed by atoms with E-state index in [9.17, 15) is 12.8 Å². The van der Waals surface area contributed by atoms with Gasteiger partial charge in [-0.3, -0.25) is 5.01 Å². The van der Waals surface area contributed by atoms with Crippen molar-refractivity contribution in [3.8, 4) is 0 Å². The molecule has 3 aromatic rings. The molecule has 1 heterocycles. The van der Waals surface area contributed by atoms with Crippen molar-refractivity contribution < 1.29 is 12.8 Å². The lowest BCUT2D eigenvalue weighted by Crippen LogP contribution is -2.32. The monoisotopic (exact) mass is 539 g/mol. The van der Waals surface area contributed by atoms with E-state index in [1.807, 2.05) is 19.1 Å². The van der Waals surface area contributed by atoms with E-state index in [2.05, 4.69) is 4.72 Å². The fourth-order valence-electron chi connectivity index (χ4n) is 3.95. The van der Waals surface area contributed by atoms with Gasteiger partial charge >= 0.3 is 0 Å². The second kappa shape index (κ2) is 9.84. The van der Waals surface area contributed by atoms with Gasteiger partial charge < -0.3 is 0 Å². The zero-order chi connectivity index (χ0) is 24.6. The third kappa shape index (κ3) is 5.09. The van der Waals surface area contributed by atoms with E-state index >= 15 is 0 Å². The number of sulfonamides is 1. The standard InChI is InChI=1S/C24H21Cl3FN3O2S/c1-14-3-9-19(28)12-23(14)34(32,33)29-13-21-15(2)24(16-4-6-17(25)7-5-16)31(30-21)22-10-8-18(26)11-20(22)27/h3-12,15,24,29H,13H2,1-2H3. The summed E-state index contributed by atoms with van der Waals surface area (Å²) in [5, 5.41) is 8.01. The predicted molar refractivity (Wildman–Crippen MR) is 136 cm³/mol. The molecule has 1 aliphatic rings. The molecule has 5 nitrogen and oxygen atoms in total. The maximum Gasteiger partial charge on any atom is 0.241 e. The van der Waals surface area contributed by atoms with Crippen LogP contribution in [0.1, 0.15) is 24.1 Å². The normalized spacial score (nSPS) is 18.3. The molecule has 0 fully saturated rings. The molecule has 0 amide bonds. The molecule has 0 saturated heterocycles. The van der Waals surface area contributed by atoms with Gasteiger partial charge in [-0.1, -0.05) is 59.9 Å². The molecule has 0 aromatic heterocycles. The summed E-state index contributed by atoms with van der Waals surface area (Å²) in [7, 11) is -3.96. The predicted octanol–water partition coefficient (Wildman–Crippen LogP) is 6.63. The van der Waals surface area contributed by atoms with Crippen LogP contribution in [-0.4, -0.2) is 20.7 Å². The Morgan fingerprint density at radius 3 is 2.35 bits per heavy atom. The van der Waals surface area contributed by atoms with Crippen LogP contribution in [0.25, 0.3) is 0 Å². The molecule has 0 saturated carbocycles. The van der Waals surface area contributed by atoms with Crippen LogP contribution in [0.15, 0.2) is 70.7 Å². The first-order valence-corrected chi connectivity index (χ1v) is 13.0. The summed E-state index contributed by atoms with van der Waals surface area (Å²) in [6.07, 6.45) is 0. The number of nitrogens with one attached hydrogen (secondary N) is 1. The largest absolute Gasteiger partial charge is 0.256 e. The van der Waals surface area contributed by atoms with E-state index in [1.165, 1.54) is 12.1 Å². The molecule has 2 unspecified atom stereocenters. The Labute approximate surface area is 213 Å². The molecule has 34 heavy (non-hydrogen) atoms. The van der Waals surface area contributed by atoms with Crippen LogP contribution in [0, 0.1) is 18.7 Å². The van der Waals surface area contributed by atoms with E-state index in [0.717, 1.165) is 11.6 Å². The van der Waals surface area contributed by atoms with E-state index in [1.54, 1.807) is 42.3 Å². The minimum atomic E-state index is -3.96. The molecule has 4 rings (SSSR count). The van der Waals surface area contributed by atoms with E-state index in [4.69, 9.17) is 39.9 Å². The molecular weight excluding hydrogens is 520 g/mol. The van der Waals surface area contributed by atoms with E-state index < -0.39 is 15.8 Å². The van der Waals surface area contributed by atoms with Gasteiger partial charge in [-0.15, -0.1) is 0 Å². The molecule has 2 atom stereocenters. The Bertz CT molecular complexity index is 1360. The number of hydrogen-bond acceptors (Lipinski definition) is 4. The third-order valence-corrected chi connectivity index (χ3v) is 8.08. The quantitative estimate of drug-likeness (QED) is 0.382. The molecule has 0 radical (unpaired) electrons. The highest BCUT2D eigenvalue weighted by Gasteiger charge is 2.37. The fourth-order valence-corrected chi connectivity index (χ4v) is 5.83. The van der Waals surface area contributed by atoms with E-state index in [-0.39, 0.29) is 23.4 Å². The first kappa shape index (κ1) is 24.9. The van der Waals surface area contributed by atoms with Crippen molar-refractivity contribution in [3.05, 3.63) is 92.7 Å². The number of rotatable bonds is 6. The topological polar surface area (TPSA) is 61.8 Å². The number of aryl methyl sites for hydroxylation is 1. The van der Waals surface area contributed by atoms with Crippen molar-refractivity contribution in [2.75, 3.05) is 11.6 Å². The number of benzene rings is 3. The van der Waals surface area contributed by atoms with Crippen molar-refractivity contribution in [2.24, 2.45) is 11.0 Å². The van der Waals surface area contributed by atoms with Crippen LogP contribution in [0.2, 0.25) is 15.1 Å². The highest BCUT2D eigenvalue weighted by Crippen LogP contribution is 2.42. The number of hydrogen-bond donors (Lipinski definition) is 1. The number of hydrazone groups is 1.